The van der Waals surface area contributed by atoms with Gasteiger partial charge in [-0.1, -0.05) is 6.08 Å². The van der Waals surface area contributed by atoms with E-state index in [1.54, 1.807) is 7.11 Å². The van der Waals surface area contributed by atoms with E-state index in [2.05, 4.69) is 11.3 Å². The molecule has 0 aliphatic rings. The lowest BCUT2D eigenvalue weighted by Crippen LogP contribution is -2.28. The number of rotatable bonds is 9. The maximum absolute atomic E-state index is 11.2. The van der Waals surface area contributed by atoms with Crippen molar-refractivity contribution in [2.45, 2.75) is 0 Å². The molecule has 0 aliphatic carbocycles. The Labute approximate surface area is 85.1 Å². The minimum atomic E-state index is -3.22. The van der Waals surface area contributed by atoms with Gasteiger partial charge in [0.2, 0.25) is 10.0 Å². The van der Waals surface area contributed by atoms with E-state index in [1.807, 2.05) is 0 Å². The van der Waals surface area contributed by atoms with Crippen LogP contribution in [0.4, 0.5) is 0 Å². The van der Waals surface area contributed by atoms with Crippen molar-refractivity contribution < 1.29 is 17.9 Å². The largest absolute Gasteiger partial charge is 0.382 e. The number of hydrogen-bond acceptors (Lipinski definition) is 4. The highest BCUT2D eigenvalue weighted by Gasteiger charge is 2.07. The zero-order valence-electron chi connectivity index (χ0n) is 8.36. The molecule has 0 bridgehead atoms. The molecular weight excluding hydrogens is 206 g/mol. The van der Waals surface area contributed by atoms with Gasteiger partial charge >= 0.3 is 0 Å². The predicted molar refractivity (Wildman–Crippen MR) is 54.7 cm³/mol. The van der Waals surface area contributed by atoms with E-state index in [-0.39, 0.29) is 18.9 Å². The summed E-state index contributed by atoms with van der Waals surface area (Å²) in [5, 5.41) is 0. The first-order valence-corrected chi connectivity index (χ1v) is 5.92. The van der Waals surface area contributed by atoms with Crippen molar-refractivity contribution in [3.8, 4) is 0 Å². The van der Waals surface area contributed by atoms with Crippen LogP contribution < -0.4 is 4.72 Å². The molecule has 0 aromatic carbocycles. The molecule has 0 saturated carbocycles. The van der Waals surface area contributed by atoms with Crippen molar-refractivity contribution >= 4 is 10.0 Å². The molecule has 0 radical (unpaired) electrons. The van der Waals surface area contributed by atoms with Crippen molar-refractivity contribution in [1.82, 2.24) is 4.72 Å². The summed E-state index contributed by atoms with van der Waals surface area (Å²) in [7, 11) is -1.66. The maximum atomic E-state index is 11.2. The third-order valence-corrected chi connectivity index (χ3v) is 2.69. The summed E-state index contributed by atoms with van der Waals surface area (Å²) in [4.78, 5) is 0. The monoisotopic (exact) mass is 223 g/mol. The molecule has 84 valence electrons. The first-order chi connectivity index (χ1) is 6.62. The molecule has 0 heterocycles. The first kappa shape index (κ1) is 13.6. The Kier molecular flexibility index (Phi) is 7.68. The van der Waals surface area contributed by atoms with Crippen LogP contribution in [0, 0.1) is 0 Å². The highest BCUT2D eigenvalue weighted by Crippen LogP contribution is 1.85. The Balaban J connectivity index is 3.50. The molecule has 1 N–H and O–H groups in total. The molecule has 0 atom stereocenters. The average Bonchev–Trinajstić information content (AvgIpc) is 2.15. The second kappa shape index (κ2) is 7.93. The fraction of sp³-hybridized carbons (Fsp3) is 0.750. The average molecular weight is 223 g/mol. The van der Waals surface area contributed by atoms with Gasteiger partial charge in [-0.3, -0.25) is 0 Å². The quantitative estimate of drug-likeness (QED) is 0.432. The number of methoxy groups -OCH3 is 1. The highest BCUT2D eigenvalue weighted by molar-refractivity contribution is 7.89. The lowest BCUT2D eigenvalue weighted by atomic mass is 10.7. The lowest BCUT2D eigenvalue weighted by molar-refractivity contribution is 0.0784. The van der Waals surface area contributed by atoms with Gasteiger partial charge in [0, 0.05) is 13.7 Å². The van der Waals surface area contributed by atoms with Crippen molar-refractivity contribution in [1.29, 1.82) is 0 Å². The van der Waals surface area contributed by atoms with Crippen LogP contribution in [-0.4, -0.2) is 47.6 Å². The van der Waals surface area contributed by atoms with Gasteiger partial charge in [-0.2, -0.15) is 0 Å². The van der Waals surface area contributed by atoms with Gasteiger partial charge in [-0.15, -0.1) is 6.58 Å². The van der Waals surface area contributed by atoms with E-state index in [0.29, 0.717) is 13.2 Å². The zero-order valence-corrected chi connectivity index (χ0v) is 9.18. The topological polar surface area (TPSA) is 64.6 Å². The number of hydrogen-bond donors (Lipinski definition) is 1. The highest BCUT2D eigenvalue weighted by atomic mass is 32.2. The first-order valence-electron chi connectivity index (χ1n) is 4.27. The van der Waals surface area contributed by atoms with E-state index >= 15 is 0 Å². The van der Waals surface area contributed by atoms with Crippen LogP contribution >= 0.6 is 0 Å². The van der Waals surface area contributed by atoms with Gasteiger partial charge in [0.15, 0.2) is 0 Å². The lowest BCUT2D eigenvalue weighted by Gasteiger charge is -2.05. The Morgan fingerprint density at radius 2 is 2.07 bits per heavy atom. The Morgan fingerprint density at radius 3 is 2.64 bits per heavy atom. The van der Waals surface area contributed by atoms with Crippen LogP contribution in [0.25, 0.3) is 0 Å². The summed E-state index contributed by atoms with van der Waals surface area (Å²) >= 11 is 0. The number of ether oxygens (including phenoxy) is 2. The van der Waals surface area contributed by atoms with Crippen LogP contribution in [-0.2, 0) is 19.5 Å². The van der Waals surface area contributed by atoms with Crippen LogP contribution in [0.1, 0.15) is 0 Å². The molecule has 0 aromatic rings. The van der Waals surface area contributed by atoms with Crippen LogP contribution in [0.3, 0.4) is 0 Å². The fourth-order valence-electron chi connectivity index (χ4n) is 0.671. The molecule has 14 heavy (non-hydrogen) atoms. The minimum absolute atomic E-state index is 0.0371. The molecule has 0 aliphatic heterocycles. The van der Waals surface area contributed by atoms with Gasteiger partial charge in [0.25, 0.3) is 0 Å². The summed E-state index contributed by atoms with van der Waals surface area (Å²) in [6, 6.07) is 0. The van der Waals surface area contributed by atoms with Crippen molar-refractivity contribution in [2.24, 2.45) is 0 Å². The second-order valence-electron chi connectivity index (χ2n) is 2.56. The fourth-order valence-corrected chi connectivity index (χ4v) is 1.52. The van der Waals surface area contributed by atoms with Gasteiger partial charge in [-0.25, -0.2) is 13.1 Å². The van der Waals surface area contributed by atoms with Crippen molar-refractivity contribution in [3.05, 3.63) is 12.7 Å². The van der Waals surface area contributed by atoms with Crippen LogP contribution in [0.2, 0.25) is 0 Å². The molecule has 0 aromatic heterocycles. The maximum Gasteiger partial charge on any atom is 0.214 e. The van der Waals surface area contributed by atoms with E-state index < -0.39 is 10.0 Å². The molecule has 0 amide bonds. The normalized spacial score (nSPS) is 11.5. The van der Waals surface area contributed by atoms with E-state index in [0.717, 1.165) is 0 Å². The summed E-state index contributed by atoms with van der Waals surface area (Å²) in [6.07, 6.45) is 1.49. The number of sulfonamides is 1. The van der Waals surface area contributed by atoms with Gasteiger partial charge in [-0.05, 0) is 0 Å². The molecule has 0 unspecified atom stereocenters. The van der Waals surface area contributed by atoms with Crippen LogP contribution in [0.5, 0.6) is 0 Å². The Hall–Kier alpha value is -0.430. The molecular formula is C8H17NO4S. The Bertz CT molecular complexity index is 238. The van der Waals surface area contributed by atoms with Crippen molar-refractivity contribution in [2.75, 3.05) is 39.2 Å². The van der Waals surface area contributed by atoms with Crippen molar-refractivity contribution in [3.63, 3.8) is 0 Å². The summed E-state index contributed by atoms with van der Waals surface area (Å²) < 4.78 is 34.4. The summed E-state index contributed by atoms with van der Waals surface area (Å²) in [5.74, 6) is -0.0371. The second-order valence-corrected chi connectivity index (χ2v) is 4.49. The van der Waals surface area contributed by atoms with E-state index in [4.69, 9.17) is 9.47 Å². The molecule has 0 fully saturated rings. The summed E-state index contributed by atoms with van der Waals surface area (Å²) in [5.41, 5.74) is 0. The zero-order chi connectivity index (χ0) is 10.9. The molecule has 0 spiro atoms. The number of nitrogens with one attached hydrogen (secondary N) is 1. The SMILES string of the molecule is C=CCNS(=O)(=O)CCOCCOC. The third kappa shape index (κ3) is 8.18. The molecule has 0 rings (SSSR count). The predicted octanol–water partition coefficient (Wildman–Crippen LogP) is -0.245. The molecule has 5 nitrogen and oxygen atoms in total. The van der Waals surface area contributed by atoms with E-state index in [1.165, 1.54) is 6.08 Å². The van der Waals surface area contributed by atoms with Crippen LogP contribution in [0.15, 0.2) is 12.7 Å². The van der Waals surface area contributed by atoms with Gasteiger partial charge < -0.3 is 9.47 Å². The molecule has 0 saturated heterocycles. The Morgan fingerprint density at radius 1 is 1.36 bits per heavy atom. The smallest absolute Gasteiger partial charge is 0.214 e. The standard InChI is InChI=1S/C8H17NO4S/c1-3-4-9-14(10,11)8-7-13-6-5-12-2/h3,9H,1,4-8H2,2H3. The minimum Gasteiger partial charge on any atom is -0.382 e. The van der Waals surface area contributed by atoms with Gasteiger partial charge in [0.05, 0.1) is 25.6 Å². The van der Waals surface area contributed by atoms with E-state index in [9.17, 15) is 8.42 Å². The third-order valence-electron chi connectivity index (χ3n) is 1.38. The summed E-state index contributed by atoms with van der Waals surface area (Å²) in [6.45, 7) is 4.72. The van der Waals surface area contributed by atoms with Gasteiger partial charge in [0.1, 0.15) is 0 Å². The molecule has 6 heteroatoms.